The summed E-state index contributed by atoms with van der Waals surface area (Å²) in [6.07, 6.45) is 9.29. The fourth-order valence-electron chi connectivity index (χ4n) is 3.90. The first-order valence-corrected chi connectivity index (χ1v) is 8.07. The molecule has 0 unspecified atom stereocenters. The number of aromatic nitrogens is 1. The highest BCUT2D eigenvalue weighted by molar-refractivity contribution is 5.95. The van der Waals surface area contributed by atoms with Gasteiger partial charge in [0.25, 0.3) is 5.91 Å². The number of hydrogen-bond donors (Lipinski definition) is 1. The van der Waals surface area contributed by atoms with E-state index < -0.39 is 0 Å². The van der Waals surface area contributed by atoms with E-state index in [9.17, 15) is 4.79 Å². The van der Waals surface area contributed by atoms with Gasteiger partial charge < -0.3 is 9.73 Å². The van der Waals surface area contributed by atoms with Crippen LogP contribution in [0.15, 0.2) is 22.7 Å². The first kappa shape index (κ1) is 14.3. The summed E-state index contributed by atoms with van der Waals surface area (Å²) in [5.74, 6) is 3.33. The van der Waals surface area contributed by atoms with Crippen LogP contribution < -0.4 is 5.32 Å². The van der Waals surface area contributed by atoms with Crippen molar-refractivity contribution < 1.29 is 9.21 Å². The number of fused-ring (bicyclic) bond motifs is 4. The average molecular weight is 309 g/mol. The molecule has 0 spiro atoms. The third-order valence-corrected chi connectivity index (χ3v) is 5.25. The Kier molecular flexibility index (Phi) is 3.35. The molecule has 5 nitrogen and oxygen atoms in total. The summed E-state index contributed by atoms with van der Waals surface area (Å²) in [5, 5.41) is 3.99. The number of furan rings is 1. The third kappa shape index (κ3) is 2.40. The highest BCUT2D eigenvalue weighted by Crippen LogP contribution is 2.32. The Balaban J connectivity index is 1.56. The van der Waals surface area contributed by atoms with Gasteiger partial charge in [0.1, 0.15) is 11.3 Å². The van der Waals surface area contributed by atoms with Gasteiger partial charge in [-0.05, 0) is 44.7 Å². The van der Waals surface area contributed by atoms with Crippen molar-refractivity contribution in [2.45, 2.75) is 31.8 Å². The lowest BCUT2D eigenvalue weighted by Gasteiger charge is -2.49. The Morgan fingerprint density at radius 2 is 2.22 bits per heavy atom. The molecular weight excluding hydrogens is 290 g/mol. The molecule has 0 saturated carbocycles. The van der Waals surface area contributed by atoms with Gasteiger partial charge in [-0.2, -0.15) is 0 Å². The molecule has 5 heterocycles. The normalized spacial score (nSPS) is 29.4. The molecule has 118 valence electrons. The standard InChI is InChI=1S/C18H19N3O2/c1-3-14-8-13-10-19-15(9-16(13)23-14)18(22)20-17-11(2)21-6-4-12(17)5-7-21/h1,8-12,17H,4-7H2,2H3,(H,20,22)/t11-,17-/m0/s1. The third-order valence-electron chi connectivity index (χ3n) is 5.25. The van der Waals surface area contributed by atoms with Crippen LogP contribution >= 0.6 is 0 Å². The maximum Gasteiger partial charge on any atom is 0.270 e. The van der Waals surface area contributed by atoms with Gasteiger partial charge in [0.2, 0.25) is 0 Å². The fourth-order valence-corrected chi connectivity index (χ4v) is 3.90. The lowest BCUT2D eigenvalue weighted by Crippen LogP contribution is -2.62. The van der Waals surface area contributed by atoms with E-state index in [0.717, 1.165) is 31.3 Å². The molecule has 2 aromatic heterocycles. The molecular formula is C18H19N3O2. The molecule has 3 fully saturated rings. The second-order valence-corrected chi connectivity index (χ2v) is 6.48. The zero-order valence-electron chi connectivity index (χ0n) is 13.1. The van der Waals surface area contributed by atoms with Crippen LogP contribution in [-0.4, -0.2) is 41.0 Å². The molecule has 0 aromatic carbocycles. The molecule has 5 rings (SSSR count). The van der Waals surface area contributed by atoms with Crippen molar-refractivity contribution in [3.8, 4) is 12.3 Å². The summed E-state index contributed by atoms with van der Waals surface area (Å²) in [6, 6.07) is 3.99. The van der Waals surface area contributed by atoms with E-state index in [1.807, 2.05) is 0 Å². The van der Waals surface area contributed by atoms with Crippen molar-refractivity contribution in [3.05, 3.63) is 29.8 Å². The number of carbonyl (C=O) groups is 1. The zero-order valence-corrected chi connectivity index (χ0v) is 13.1. The van der Waals surface area contributed by atoms with Gasteiger partial charge in [0.15, 0.2) is 5.76 Å². The predicted octanol–water partition coefficient (Wildman–Crippen LogP) is 2.02. The maximum atomic E-state index is 12.6. The predicted molar refractivity (Wildman–Crippen MR) is 87.0 cm³/mol. The number of piperidine rings is 3. The summed E-state index contributed by atoms with van der Waals surface area (Å²) in [7, 11) is 0. The largest absolute Gasteiger partial charge is 0.448 e. The molecule has 2 aromatic rings. The van der Waals surface area contributed by atoms with Gasteiger partial charge in [-0.3, -0.25) is 14.7 Å². The van der Waals surface area contributed by atoms with E-state index in [0.29, 0.717) is 29.0 Å². The van der Waals surface area contributed by atoms with Crippen molar-refractivity contribution >= 4 is 16.9 Å². The molecule has 1 N–H and O–H groups in total. The number of amides is 1. The number of carbonyl (C=O) groups excluding carboxylic acids is 1. The number of terminal acetylenes is 1. The Bertz CT molecular complexity index is 794. The van der Waals surface area contributed by atoms with Crippen LogP contribution in [0.2, 0.25) is 0 Å². The van der Waals surface area contributed by atoms with Crippen molar-refractivity contribution in [3.63, 3.8) is 0 Å². The van der Waals surface area contributed by atoms with Gasteiger partial charge in [-0.25, -0.2) is 0 Å². The highest BCUT2D eigenvalue weighted by Gasteiger charge is 2.40. The number of nitrogens with zero attached hydrogens (tertiary/aromatic N) is 2. The summed E-state index contributed by atoms with van der Waals surface area (Å²) < 4.78 is 5.50. The quantitative estimate of drug-likeness (QED) is 0.862. The molecule has 0 radical (unpaired) electrons. The average Bonchev–Trinajstić information content (AvgIpc) is 3.00. The van der Waals surface area contributed by atoms with E-state index in [1.165, 1.54) is 0 Å². The summed E-state index contributed by atoms with van der Waals surface area (Å²) in [6.45, 7) is 4.48. The van der Waals surface area contributed by atoms with Gasteiger partial charge in [-0.15, -0.1) is 6.42 Å². The fraction of sp³-hybridized carbons (Fsp3) is 0.444. The van der Waals surface area contributed by atoms with E-state index in [4.69, 9.17) is 10.8 Å². The van der Waals surface area contributed by atoms with Crippen LogP contribution in [0.25, 0.3) is 11.0 Å². The minimum atomic E-state index is -0.142. The van der Waals surface area contributed by atoms with E-state index >= 15 is 0 Å². The second-order valence-electron chi connectivity index (χ2n) is 6.48. The molecule has 2 atom stereocenters. The van der Waals surface area contributed by atoms with Crippen LogP contribution in [-0.2, 0) is 0 Å². The number of pyridine rings is 1. The minimum Gasteiger partial charge on any atom is -0.448 e. The molecule has 3 saturated heterocycles. The molecule has 2 bridgehead atoms. The Labute approximate surface area is 135 Å². The Morgan fingerprint density at radius 1 is 1.43 bits per heavy atom. The lowest BCUT2D eigenvalue weighted by atomic mass is 9.79. The van der Waals surface area contributed by atoms with Crippen LogP contribution in [0.1, 0.15) is 36.0 Å². The van der Waals surface area contributed by atoms with Crippen molar-refractivity contribution in [2.24, 2.45) is 5.92 Å². The van der Waals surface area contributed by atoms with E-state index in [-0.39, 0.29) is 11.9 Å². The first-order chi connectivity index (χ1) is 11.2. The summed E-state index contributed by atoms with van der Waals surface area (Å²) >= 11 is 0. The highest BCUT2D eigenvalue weighted by atomic mass is 16.3. The Hall–Kier alpha value is -2.32. The molecule has 5 heteroatoms. The molecule has 0 aliphatic carbocycles. The van der Waals surface area contributed by atoms with Crippen LogP contribution in [0.5, 0.6) is 0 Å². The van der Waals surface area contributed by atoms with Crippen molar-refractivity contribution in [1.29, 1.82) is 0 Å². The summed E-state index contributed by atoms with van der Waals surface area (Å²) in [5.41, 5.74) is 0.971. The van der Waals surface area contributed by atoms with Gasteiger partial charge in [-0.1, -0.05) is 0 Å². The van der Waals surface area contributed by atoms with E-state index in [1.54, 1.807) is 18.3 Å². The van der Waals surface area contributed by atoms with Crippen LogP contribution in [0, 0.1) is 18.3 Å². The van der Waals surface area contributed by atoms with Crippen LogP contribution in [0.3, 0.4) is 0 Å². The van der Waals surface area contributed by atoms with Gasteiger partial charge >= 0.3 is 0 Å². The maximum absolute atomic E-state index is 12.6. The molecule has 23 heavy (non-hydrogen) atoms. The monoisotopic (exact) mass is 309 g/mol. The molecule has 3 aliphatic rings. The van der Waals surface area contributed by atoms with Crippen LogP contribution in [0.4, 0.5) is 0 Å². The second kappa shape index (κ2) is 5.39. The topological polar surface area (TPSA) is 58.4 Å². The molecule has 1 amide bonds. The smallest absolute Gasteiger partial charge is 0.270 e. The van der Waals surface area contributed by atoms with Gasteiger partial charge in [0.05, 0.1) is 0 Å². The van der Waals surface area contributed by atoms with Gasteiger partial charge in [0, 0.05) is 35.8 Å². The summed E-state index contributed by atoms with van der Waals surface area (Å²) in [4.78, 5) is 19.3. The number of rotatable bonds is 2. The first-order valence-electron chi connectivity index (χ1n) is 8.07. The lowest BCUT2D eigenvalue weighted by molar-refractivity contribution is 0.0216. The zero-order chi connectivity index (χ0) is 16.0. The van der Waals surface area contributed by atoms with Crippen molar-refractivity contribution in [2.75, 3.05) is 13.1 Å². The van der Waals surface area contributed by atoms with E-state index in [2.05, 4.69) is 28.0 Å². The Morgan fingerprint density at radius 3 is 2.91 bits per heavy atom. The number of nitrogens with one attached hydrogen (secondary N) is 1. The SMILES string of the molecule is C#Cc1cc2cnc(C(=O)N[C@@H]3C4CCN(CC4)[C@H]3C)cc2o1. The minimum absolute atomic E-state index is 0.142. The number of hydrogen-bond acceptors (Lipinski definition) is 4. The molecule has 3 aliphatic heterocycles. The van der Waals surface area contributed by atoms with Crippen molar-refractivity contribution in [1.82, 2.24) is 15.2 Å².